The summed E-state index contributed by atoms with van der Waals surface area (Å²) in [7, 11) is 1.27. The molecule has 0 aliphatic rings. The van der Waals surface area contributed by atoms with Crippen LogP contribution in [0.25, 0.3) is 0 Å². The zero-order valence-electron chi connectivity index (χ0n) is 11.8. The minimum Gasteiger partial charge on any atom is -0.468 e. The van der Waals surface area contributed by atoms with E-state index < -0.39 is 17.7 Å². The van der Waals surface area contributed by atoms with E-state index in [-0.39, 0.29) is 6.54 Å². The van der Waals surface area contributed by atoms with Crippen LogP contribution in [0.15, 0.2) is 18.5 Å². The summed E-state index contributed by atoms with van der Waals surface area (Å²) in [5, 5.41) is 0. The van der Waals surface area contributed by atoms with Crippen LogP contribution in [-0.2, 0) is 14.3 Å². The highest BCUT2D eigenvalue weighted by molar-refractivity contribution is 14.1. The van der Waals surface area contributed by atoms with Crippen molar-refractivity contribution in [1.82, 2.24) is 4.98 Å². The number of halogens is 1. The molecule has 0 radical (unpaired) electrons. The molecule has 1 rings (SSSR count). The lowest BCUT2D eigenvalue weighted by molar-refractivity contribution is -0.139. The van der Waals surface area contributed by atoms with Crippen molar-refractivity contribution in [3.05, 3.63) is 22.0 Å². The Morgan fingerprint density at radius 1 is 1.40 bits per heavy atom. The fraction of sp³-hybridized carbons (Fsp3) is 0.462. The van der Waals surface area contributed by atoms with Gasteiger partial charge in [0.05, 0.1) is 19.0 Å². The number of aromatic nitrogens is 1. The Bertz CT molecular complexity index is 499. The van der Waals surface area contributed by atoms with Crippen molar-refractivity contribution in [3.8, 4) is 0 Å². The van der Waals surface area contributed by atoms with Gasteiger partial charge in [0.2, 0.25) is 0 Å². The van der Waals surface area contributed by atoms with Gasteiger partial charge in [-0.2, -0.15) is 0 Å². The number of hydrogen-bond donors (Lipinski definition) is 0. The molecule has 0 fully saturated rings. The summed E-state index contributed by atoms with van der Waals surface area (Å²) in [4.78, 5) is 28.9. The highest BCUT2D eigenvalue weighted by Crippen LogP contribution is 2.23. The predicted molar refractivity (Wildman–Crippen MR) is 82.6 cm³/mol. The largest absolute Gasteiger partial charge is 0.468 e. The standard InChI is InChI=1S/C13H17IN2O4/c1-13(2,3)20-12(18)16(8-11(17)19-4)10-7-15-6-5-9(10)14/h5-7H,8H2,1-4H3. The van der Waals surface area contributed by atoms with E-state index >= 15 is 0 Å². The van der Waals surface area contributed by atoms with E-state index in [2.05, 4.69) is 32.3 Å². The second-order valence-electron chi connectivity index (χ2n) is 4.97. The summed E-state index contributed by atoms with van der Waals surface area (Å²) in [6.07, 6.45) is 2.50. The van der Waals surface area contributed by atoms with E-state index in [1.165, 1.54) is 18.2 Å². The number of esters is 1. The zero-order chi connectivity index (χ0) is 15.3. The van der Waals surface area contributed by atoms with Gasteiger partial charge in [0.15, 0.2) is 0 Å². The SMILES string of the molecule is COC(=O)CN(C(=O)OC(C)(C)C)c1cnccc1I. The van der Waals surface area contributed by atoms with Crippen LogP contribution in [0.4, 0.5) is 10.5 Å². The number of pyridine rings is 1. The molecule has 110 valence electrons. The van der Waals surface area contributed by atoms with Gasteiger partial charge in [-0.15, -0.1) is 0 Å². The summed E-state index contributed by atoms with van der Waals surface area (Å²) in [6, 6.07) is 1.74. The highest BCUT2D eigenvalue weighted by atomic mass is 127. The topological polar surface area (TPSA) is 68.7 Å². The first-order valence-electron chi connectivity index (χ1n) is 5.91. The first-order valence-corrected chi connectivity index (χ1v) is 6.99. The Balaban J connectivity index is 3.06. The van der Waals surface area contributed by atoms with Crippen LogP contribution in [0.1, 0.15) is 20.8 Å². The first-order chi connectivity index (χ1) is 9.24. The van der Waals surface area contributed by atoms with Crippen LogP contribution in [0.3, 0.4) is 0 Å². The Morgan fingerprint density at radius 2 is 2.05 bits per heavy atom. The van der Waals surface area contributed by atoms with E-state index in [9.17, 15) is 9.59 Å². The fourth-order valence-electron chi connectivity index (χ4n) is 1.33. The molecule has 0 saturated heterocycles. The van der Waals surface area contributed by atoms with E-state index in [1.54, 1.807) is 33.0 Å². The van der Waals surface area contributed by atoms with Crippen LogP contribution < -0.4 is 4.90 Å². The molecule has 0 atom stereocenters. The Labute approximate surface area is 131 Å². The van der Waals surface area contributed by atoms with Crippen molar-refractivity contribution in [2.24, 2.45) is 0 Å². The maximum absolute atomic E-state index is 12.2. The lowest BCUT2D eigenvalue weighted by atomic mass is 10.2. The molecule has 0 aliphatic carbocycles. The molecule has 0 saturated carbocycles. The van der Waals surface area contributed by atoms with Gasteiger partial charge in [0, 0.05) is 9.77 Å². The molecular formula is C13H17IN2O4. The van der Waals surface area contributed by atoms with Crippen molar-refractivity contribution >= 4 is 40.3 Å². The molecule has 0 unspecified atom stereocenters. The van der Waals surface area contributed by atoms with Crippen LogP contribution in [0.2, 0.25) is 0 Å². The van der Waals surface area contributed by atoms with E-state index in [4.69, 9.17) is 4.74 Å². The Hall–Kier alpha value is -1.38. The van der Waals surface area contributed by atoms with Gasteiger partial charge in [-0.1, -0.05) is 0 Å². The van der Waals surface area contributed by atoms with Crippen LogP contribution >= 0.6 is 22.6 Å². The molecular weight excluding hydrogens is 375 g/mol. The van der Waals surface area contributed by atoms with Gasteiger partial charge in [-0.25, -0.2) is 4.79 Å². The minimum atomic E-state index is -0.654. The number of carbonyl (C=O) groups is 2. The van der Waals surface area contributed by atoms with E-state index in [1.807, 2.05) is 0 Å². The highest BCUT2D eigenvalue weighted by Gasteiger charge is 2.27. The number of carbonyl (C=O) groups excluding carboxylic acids is 2. The van der Waals surface area contributed by atoms with Crippen LogP contribution in [-0.4, -0.2) is 36.3 Å². The minimum absolute atomic E-state index is 0.229. The Morgan fingerprint density at radius 3 is 2.55 bits per heavy atom. The second-order valence-corrected chi connectivity index (χ2v) is 6.13. The second kappa shape index (κ2) is 6.87. The number of hydrogen-bond acceptors (Lipinski definition) is 5. The monoisotopic (exact) mass is 392 g/mol. The zero-order valence-corrected chi connectivity index (χ0v) is 14.0. The molecule has 1 aromatic rings. The van der Waals surface area contributed by atoms with Crippen molar-refractivity contribution in [2.45, 2.75) is 26.4 Å². The lowest BCUT2D eigenvalue weighted by Crippen LogP contribution is -2.40. The summed E-state index contributed by atoms with van der Waals surface area (Å²) in [5.74, 6) is -0.532. The number of ether oxygens (including phenoxy) is 2. The number of nitrogens with zero attached hydrogens (tertiary/aromatic N) is 2. The average Bonchev–Trinajstić information content (AvgIpc) is 2.34. The lowest BCUT2D eigenvalue weighted by Gasteiger charge is -2.27. The van der Waals surface area contributed by atoms with Gasteiger partial charge in [-0.3, -0.25) is 14.7 Å². The van der Waals surface area contributed by atoms with E-state index in [0.717, 1.165) is 3.57 Å². The first kappa shape index (κ1) is 16.7. The fourth-order valence-corrected chi connectivity index (χ4v) is 1.92. The molecule has 1 amide bonds. The maximum atomic E-state index is 12.2. The molecule has 0 aromatic carbocycles. The molecule has 6 nitrogen and oxygen atoms in total. The van der Waals surface area contributed by atoms with Gasteiger partial charge >= 0.3 is 12.1 Å². The van der Waals surface area contributed by atoms with Crippen LogP contribution in [0, 0.1) is 3.57 Å². The molecule has 1 heterocycles. The Kier molecular flexibility index (Phi) is 5.73. The van der Waals surface area contributed by atoms with Crippen molar-refractivity contribution in [1.29, 1.82) is 0 Å². The van der Waals surface area contributed by atoms with Gasteiger partial charge in [-0.05, 0) is 49.4 Å². The molecule has 1 aromatic heterocycles. The van der Waals surface area contributed by atoms with Crippen LogP contribution in [0.5, 0.6) is 0 Å². The summed E-state index contributed by atoms with van der Waals surface area (Å²) in [5.41, 5.74) is -0.146. The average molecular weight is 392 g/mol. The van der Waals surface area contributed by atoms with Gasteiger partial charge in [0.25, 0.3) is 0 Å². The summed E-state index contributed by atoms with van der Waals surface area (Å²) < 4.78 is 10.7. The van der Waals surface area contributed by atoms with E-state index in [0.29, 0.717) is 5.69 Å². The summed E-state index contributed by atoms with van der Waals surface area (Å²) >= 11 is 2.06. The quantitative estimate of drug-likeness (QED) is 0.585. The number of rotatable bonds is 3. The third kappa shape index (κ3) is 4.95. The maximum Gasteiger partial charge on any atom is 0.415 e. The van der Waals surface area contributed by atoms with Gasteiger partial charge < -0.3 is 9.47 Å². The van der Waals surface area contributed by atoms with Gasteiger partial charge in [0.1, 0.15) is 12.1 Å². The molecule has 20 heavy (non-hydrogen) atoms. The van der Waals surface area contributed by atoms with Crippen molar-refractivity contribution in [3.63, 3.8) is 0 Å². The third-order valence-electron chi connectivity index (χ3n) is 2.17. The number of amides is 1. The normalized spacial score (nSPS) is 10.8. The molecule has 0 spiro atoms. The molecule has 0 aliphatic heterocycles. The molecule has 0 N–H and O–H groups in total. The smallest absolute Gasteiger partial charge is 0.415 e. The molecule has 0 bridgehead atoms. The number of anilines is 1. The third-order valence-corrected chi connectivity index (χ3v) is 3.08. The predicted octanol–water partition coefficient (Wildman–Crippen LogP) is 2.60. The van der Waals surface area contributed by atoms with Crippen molar-refractivity contribution in [2.75, 3.05) is 18.6 Å². The summed E-state index contributed by atoms with van der Waals surface area (Å²) in [6.45, 7) is 5.05. The number of methoxy groups -OCH3 is 1. The van der Waals surface area contributed by atoms with Crippen molar-refractivity contribution < 1.29 is 19.1 Å². The molecule has 7 heteroatoms.